The van der Waals surface area contributed by atoms with Gasteiger partial charge in [0.1, 0.15) is 11.5 Å². The molecule has 1 aliphatic heterocycles. The van der Waals surface area contributed by atoms with E-state index in [4.69, 9.17) is 19.7 Å². The zero-order valence-corrected chi connectivity index (χ0v) is 29.1. The molecule has 0 fully saturated rings. The lowest BCUT2D eigenvalue weighted by atomic mass is 9.65. The van der Waals surface area contributed by atoms with E-state index >= 15 is 0 Å². The van der Waals surface area contributed by atoms with E-state index in [-0.39, 0.29) is 0 Å². The molecule has 1 aliphatic carbocycles. The Labute approximate surface area is 313 Å². The lowest BCUT2D eigenvalue weighted by Gasteiger charge is -2.40. The van der Waals surface area contributed by atoms with Crippen LogP contribution in [0.5, 0.6) is 11.5 Å². The third kappa shape index (κ3) is 4.47. The highest BCUT2D eigenvalue weighted by Gasteiger charge is 2.51. The van der Waals surface area contributed by atoms with Crippen LogP contribution in [0.25, 0.3) is 67.2 Å². The van der Waals surface area contributed by atoms with Crippen molar-refractivity contribution in [1.82, 2.24) is 15.0 Å². The Kier molecular flexibility index (Phi) is 6.73. The Morgan fingerprint density at radius 1 is 0.315 bits per heavy atom. The lowest BCUT2D eigenvalue weighted by Crippen LogP contribution is -2.32. The van der Waals surface area contributed by atoms with E-state index in [1.165, 1.54) is 22.3 Å². The van der Waals surface area contributed by atoms with Crippen molar-refractivity contribution in [2.75, 3.05) is 0 Å². The number of rotatable bonds is 4. The molecule has 2 heterocycles. The number of aromatic nitrogens is 3. The fourth-order valence-corrected chi connectivity index (χ4v) is 8.61. The predicted molar refractivity (Wildman–Crippen MR) is 216 cm³/mol. The molecule has 11 rings (SSSR count). The zero-order chi connectivity index (χ0) is 35.6. The molecule has 0 saturated carbocycles. The summed E-state index contributed by atoms with van der Waals surface area (Å²) < 4.78 is 7.25. The van der Waals surface area contributed by atoms with Gasteiger partial charge in [-0.25, -0.2) is 15.0 Å². The van der Waals surface area contributed by atoms with E-state index in [0.717, 1.165) is 61.2 Å². The highest BCUT2D eigenvalue weighted by molar-refractivity contribution is 5.96. The normalized spacial score (nSPS) is 13.1. The fourth-order valence-electron chi connectivity index (χ4n) is 8.61. The van der Waals surface area contributed by atoms with E-state index < -0.39 is 5.41 Å². The van der Waals surface area contributed by atoms with Crippen molar-refractivity contribution in [2.45, 2.75) is 5.41 Å². The minimum Gasteiger partial charge on any atom is -0.455 e. The summed E-state index contributed by atoms with van der Waals surface area (Å²) in [6, 6.07) is 66.0. The predicted octanol–water partition coefficient (Wildman–Crippen LogP) is 12.2. The Balaban J connectivity index is 1.18. The van der Waals surface area contributed by atoms with Crippen LogP contribution >= 0.6 is 0 Å². The summed E-state index contributed by atoms with van der Waals surface area (Å²) in [6.45, 7) is 0. The van der Waals surface area contributed by atoms with E-state index in [2.05, 4.69) is 152 Å². The smallest absolute Gasteiger partial charge is 0.167 e. The van der Waals surface area contributed by atoms with Gasteiger partial charge in [0.2, 0.25) is 0 Å². The number of hydrogen-bond donors (Lipinski definition) is 0. The minimum absolute atomic E-state index is 0.557. The van der Waals surface area contributed by atoms with Gasteiger partial charge in [-0.2, -0.15) is 0 Å². The number of hydrogen-bond acceptors (Lipinski definition) is 4. The molecular weight excluding hydrogens is 659 g/mol. The molecule has 0 saturated heterocycles. The standard InChI is InChI=1S/C50H31N3O/c1-3-14-32(15-4-1)33-26-28-36(29-27-33)48-51-47(35-17-5-2-6-18-35)52-49(53-48)40-22-13-25-43-46(40)54-45-37-19-8-7-16-34(37)30-31-44(45)50(43)41-23-11-9-20-38(41)39-21-10-12-24-42(39)50/h1-31H. The summed E-state index contributed by atoms with van der Waals surface area (Å²) in [7, 11) is 0. The monoisotopic (exact) mass is 689 g/mol. The molecular formula is C50H31N3O. The second-order valence-electron chi connectivity index (χ2n) is 13.9. The van der Waals surface area contributed by atoms with Crippen molar-refractivity contribution in [3.8, 4) is 67.9 Å². The largest absolute Gasteiger partial charge is 0.455 e. The summed E-state index contributed by atoms with van der Waals surface area (Å²) in [6.07, 6.45) is 0. The van der Waals surface area contributed by atoms with Gasteiger partial charge in [-0.15, -0.1) is 0 Å². The van der Waals surface area contributed by atoms with Gasteiger partial charge in [0, 0.05) is 27.6 Å². The summed E-state index contributed by atoms with van der Waals surface area (Å²) in [5.41, 5.74) is 11.5. The highest BCUT2D eigenvalue weighted by atomic mass is 16.5. The Morgan fingerprint density at radius 3 is 1.50 bits per heavy atom. The number of ether oxygens (including phenoxy) is 1. The van der Waals surface area contributed by atoms with Gasteiger partial charge in [0.25, 0.3) is 0 Å². The first kappa shape index (κ1) is 30.5. The van der Waals surface area contributed by atoms with Crippen LogP contribution in [-0.2, 0) is 5.41 Å². The molecule has 0 atom stereocenters. The van der Waals surface area contributed by atoms with Crippen molar-refractivity contribution >= 4 is 10.8 Å². The Morgan fingerprint density at radius 2 is 0.796 bits per heavy atom. The second kappa shape index (κ2) is 11.9. The van der Waals surface area contributed by atoms with Gasteiger partial charge in [-0.05, 0) is 44.8 Å². The molecule has 0 N–H and O–H groups in total. The average Bonchev–Trinajstić information content (AvgIpc) is 3.54. The van der Waals surface area contributed by atoms with Gasteiger partial charge in [0.15, 0.2) is 17.5 Å². The van der Waals surface area contributed by atoms with Gasteiger partial charge >= 0.3 is 0 Å². The number of benzene rings is 8. The Hall–Kier alpha value is -7.17. The quantitative estimate of drug-likeness (QED) is 0.185. The topological polar surface area (TPSA) is 47.9 Å². The van der Waals surface area contributed by atoms with Gasteiger partial charge in [-0.3, -0.25) is 0 Å². The van der Waals surface area contributed by atoms with E-state index in [0.29, 0.717) is 17.5 Å². The second-order valence-corrected chi connectivity index (χ2v) is 13.9. The number of fused-ring (bicyclic) bond motifs is 11. The summed E-state index contributed by atoms with van der Waals surface area (Å²) >= 11 is 0. The van der Waals surface area contributed by atoms with Crippen molar-refractivity contribution in [2.24, 2.45) is 0 Å². The van der Waals surface area contributed by atoms with E-state index in [9.17, 15) is 0 Å². The van der Waals surface area contributed by atoms with E-state index in [1.807, 2.05) is 36.4 Å². The molecule has 0 unspecified atom stereocenters. The van der Waals surface area contributed by atoms with Crippen molar-refractivity contribution in [3.63, 3.8) is 0 Å². The maximum atomic E-state index is 7.25. The van der Waals surface area contributed by atoms with E-state index in [1.54, 1.807) is 0 Å². The van der Waals surface area contributed by atoms with Crippen LogP contribution in [0.15, 0.2) is 188 Å². The van der Waals surface area contributed by atoms with Gasteiger partial charge < -0.3 is 4.74 Å². The SMILES string of the molecule is c1ccc(-c2ccc(-c3nc(-c4ccccc4)nc(-c4cccc5c4Oc4c(ccc6ccccc46)C54c5ccccc5-c5ccccc54)n3)cc2)cc1. The molecule has 252 valence electrons. The third-order valence-electron chi connectivity index (χ3n) is 11.0. The number of para-hydroxylation sites is 1. The molecule has 2 aliphatic rings. The molecule has 8 aromatic carbocycles. The highest BCUT2D eigenvalue weighted by Crippen LogP contribution is 2.64. The maximum absolute atomic E-state index is 7.25. The zero-order valence-electron chi connectivity index (χ0n) is 29.1. The summed E-state index contributed by atoms with van der Waals surface area (Å²) in [5.74, 6) is 3.37. The molecule has 4 heteroatoms. The maximum Gasteiger partial charge on any atom is 0.167 e. The molecule has 1 aromatic heterocycles. The summed E-state index contributed by atoms with van der Waals surface area (Å²) in [5, 5.41) is 2.19. The lowest BCUT2D eigenvalue weighted by molar-refractivity contribution is 0.443. The Bertz CT molecular complexity index is 2860. The van der Waals surface area contributed by atoms with Crippen LogP contribution in [0, 0.1) is 0 Å². The molecule has 0 amide bonds. The van der Waals surface area contributed by atoms with Crippen LogP contribution in [0.4, 0.5) is 0 Å². The van der Waals surface area contributed by atoms with Crippen molar-refractivity contribution in [3.05, 3.63) is 210 Å². The van der Waals surface area contributed by atoms with Crippen molar-refractivity contribution in [1.29, 1.82) is 0 Å². The summed E-state index contributed by atoms with van der Waals surface area (Å²) in [4.78, 5) is 15.5. The fraction of sp³-hybridized carbons (Fsp3) is 0.0200. The van der Waals surface area contributed by atoms with Crippen LogP contribution in [0.3, 0.4) is 0 Å². The average molecular weight is 690 g/mol. The molecule has 0 bridgehead atoms. The molecule has 1 spiro atoms. The molecule has 0 radical (unpaired) electrons. The van der Waals surface area contributed by atoms with Crippen LogP contribution < -0.4 is 4.74 Å². The molecule has 9 aromatic rings. The van der Waals surface area contributed by atoms with Crippen LogP contribution in [0.2, 0.25) is 0 Å². The first-order valence-electron chi connectivity index (χ1n) is 18.3. The minimum atomic E-state index is -0.623. The van der Waals surface area contributed by atoms with Crippen LogP contribution in [-0.4, -0.2) is 15.0 Å². The van der Waals surface area contributed by atoms with Crippen molar-refractivity contribution < 1.29 is 4.74 Å². The first-order valence-corrected chi connectivity index (χ1v) is 18.3. The molecule has 54 heavy (non-hydrogen) atoms. The first-order chi connectivity index (χ1) is 26.8. The van der Waals surface area contributed by atoms with Gasteiger partial charge in [-0.1, -0.05) is 182 Å². The number of nitrogens with zero attached hydrogens (tertiary/aromatic N) is 3. The van der Waals surface area contributed by atoms with Crippen LogP contribution in [0.1, 0.15) is 22.3 Å². The van der Waals surface area contributed by atoms with Gasteiger partial charge in [0.05, 0.1) is 11.0 Å². The third-order valence-corrected chi connectivity index (χ3v) is 11.0. The molecule has 4 nitrogen and oxygen atoms in total.